The van der Waals surface area contributed by atoms with Gasteiger partial charge in [0.05, 0.1) is 18.4 Å². The fourth-order valence-corrected chi connectivity index (χ4v) is 3.12. The second kappa shape index (κ2) is 11.2. The number of halogens is 4. The number of amides is 4. The molecule has 0 bridgehead atoms. The van der Waals surface area contributed by atoms with Crippen molar-refractivity contribution in [3.8, 4) is 5.75 Å². The largest absolute Gasteiger partial charge is 0.497 e. The zero-order chi connectivity index (χ0) is 25.4. The number of para-hydroxylation sites is 1. The van der Waals surface area contributed by atoms with Crippen molar-refractivity contribution in [2.75, 3.05) is 35.7 Å². The first-order valence-corrected chi connectivity index (χ1v) is 10.4. The number of rotatable bonds is 7. The zero-order valence-corrected chi connectivity index (χ0v) is 18.5. The summed E-state index contributed by atoms with van der Waals surface area (Å²) in [5.41, 5.74) is -0.563. The van der Waals surface area contributed by atoms with Gasteiger partial charge in [-0.3, -0.25) is 4.90 Å². The first-order chi connectivity index (χ1) is 16.7. The summed E-state index contributed by atoms with van der Waals surface area (Å²) < 4.78 is 57.8. The highest BCUT2D eigenvalue weighted by Crippen LogP contribution is 2.34. The Bertz CT molecular complexity index is 1150. The number of ether oxygens (including phenoxy) is 1. The van der Waals surface area contributed by atoms with Crippen LogP contribution in [0.15, 0.2) is 72.8 Å². The minimum atomic E-state index is -4.64. The van der Waals surface area contributed by atoms with E-state index in [-0.39, 0.29) is 13.1 Å². The van der Waals surface area contributed by atoms with E-state index in [4.69, 9.17) is 4.74 Å². The first-order valence-electron chi connectivity index (χ1n) is 10.4. The van der Waals surface area contributed by atoms with E-state index in [9.17, 15) is 27.2 Å². The molecule has 0 aliphatic rings. The molecule has 184 valence electrons. The van der Waals surface area contributed by atoms with Crippen molar-refractivity contribution < 1.29 is 31.9 Å². The minimum absolute atomic E-state index is 0.0536. The van der Waals surface area contributed by atoms with Crippen molar-refractivity contribution >= 4 is 29.1 Å². The summed E-state index contributed by atoms with van der Waals surface area (Å²) in [5, 5.41) is 7.29. The Morgan fingerprint density at radius 3 is 2.20 bits per heavy atom. The Balaban J connectivity index is 1.66. The summed E-state index contributed by atoms with van der Waals surface area (Å²) in [4.78, 5) is 26.4. The molecule has 0 unspecified atom stereocenters. The van der Waals surface area contributed by atoms with Crippen LogP contribution in [0.4, 0.5) is 44.2 Å². The lowest BCUT2D eigenvalue weighted by Gasteiger charge is -2.24. The summed E-state index contributed by atoms with van der Waals surface area (Å²) in [7, 11) is 1.51. The number of hydrogen-bond acceptors (Lipinski definition) is 3. The molecule has 3 aromatic carbocycles. The number of nitrogens with one attached hydrogen (secondary N) is 3. The van der Waals surface area contributed by atoms with Gasteiger partial charge >= 0.3 is 18.2 Å². The number of urea groups is 2. The second-order valence-corrected chi connectivity index (χ2v) is 7.21. The van der Waals surface area contributed by atoms with Crippen molar-refractivity contribution in [1.29, 1.82) is 0 Å². The molecule has 3 N–H and O–H groups in total. The van der Waals surface area contributed by atoms with Crippen molar-refractivity contribution in [3.05, 3.63) is 84.2 Å². The molecule has 7 nitrogen and oxygen atoms in total. The maximum Gasteiger partial charge on any atom is 0.418 e. The van der Waals surface area contributed by atoms with Crippen molar-refractivity contribution in [2.24, 2.45) is 0 Å². The molecule has 4 amide bonds. The molecule has 3 aromatic rings. The number of hydrogen-bond donors (Lipinski definition) is 3. The van der Waals surface area contributed by atoms with Gasteiger partial charge < -0.3 is 20.7 Å². The van der Waals surface area contributed by atoms with E-state index < -0.39 is 35.3 Å². The molecule has 0 saturated heterocycles. The third kappa shape index (κ3) is 7.10. The van der Waals surface area contributed by atoms with Crippen LogP contribution in [0.5, 0.6) is 5.75 Å². The molecule has 0 heterocycles. The summed E-state index contributed by atoms with van der Waals surface area (Å²) in [5.74, 6) is 0.103. The molecule has 0 fully saturated rings. The van der Waals surface area contributed by atoms with Gasteiger partial charge in [-0.15, -0.1) is 0 Å². The Hall–Kier alpha value is -4.28. The minimum Gasteiger partial charge on any atom is -0.497 e. The molecular formula is C24H22F4N4O3. The molecule has 0 spiro atoms. The number of carbonyl (C=O) groups excluding carboxylic acids is 2. The molecule has 0 atom stereocenters. The SMILES string of the molecule is COc1ccc(NC(=O)N(CCNC(=O)Nc2ccccc2C(F)(F)F)c2ccc(F)cc2)cc1. The number of methoxy groups -OCH3 is 1. The highest BCUT2D eigenvalue weighted by Gasteiger charge is 2.33. The predicted molar refractivity (Wildman–Crippen MR) is 124 cm³/mol. The third-order valence-corrected chi connectivity index (χ3v) is 4.83. The average molecular weight is 490 g/mol. The highest BCUT2D eigenvalue weighted by atomic mass is 19.4. The van der Waals surface area contributed by atoms with Crippen LogP contribution >= 0.6 is 0 Å². The Morgan fingerprint density at radius 2 is 1.57 bits per heavy atom. The van der Waals surface area contributed by atoms with Gasteiger partial charge in [0.15, 0.2) is 0 Å². The smallest absolute Gasteiger partial charge is 0.418 e. The van der Waals surface area contributed by atoms with Crippen molar-refractivity contribution in [1.82, 2.24) is 5.32 Å². The Kier molecular flexibility index (Phi) is 8.13. The normalized spacial score (nSPS) is 10.9. The topological polar surface area (TPSA) is 82.7 Å². The van der Waals surface area contributed by atoms with Crippen LogP contribution in [0.3, 0.4) is 0 Å². The maximum absolute atomic E-state index is 13.4. The maximum atomic E-state index is 13.4. The van der Waals surface area contributed by atoms with Crippen LogP contribution in [0.1, 0.15) is 5.56 Å². The van der Waals surface area contributed by atoms with Crippen LogP contribution in [0.2, 0.25) is 0 Å². The third-order valence-electron chi connectivity index (χ3n) is 4.83. The quantitative estimate of drug-likeness (QED) is 0.371. The summed E-state index contributed by atoms with van der Waals surface area (Å²) in [6.07, 6.45) is -4.64. The fourth-order valence-electron chi connectivity index (χ4n) is 3.12. The van der Waals surface area contributed by atoms with E-state index in [0.29, 0.717) is 17.1 Å². The predicted octanol–water partition coefficient (Wildman–Crippen LogP) is 5.71. The second-order valence-electron chi connectivity index (χ2n) is 7.21. The van der Waals surface area contributed by atoms with Crippen LogP contribution in [0, 0.1) is 5.82 Å². The highest BCUT2D eigenvalue weighted by molar-refractivity contribution is 6.01. The van der Waals surface area contributed by atoms with Gasteiger partial charge in [-0.2, -0.15) is 13.2 Å². The first kappa shape index (κ1) is 25.3. The Morgan fingerprint density at radius 1 is 0.914 bits per heavy atom. The number of carbonyl (C=O) groups is 2. The lowest BCUT2D eigenvalue weighted by molar-refractivity contribution is -0.136. The van der Waals surface area contributed by atoms with Crippen LogP contribution < -0.4 is 25.6 Å². The summed E-state index contributed by atoms with van der Waals surface area (Å²) in [6, 6.07) is 14.8. The molecule has 0 radical (unpaired) electrons. The van der Waals surface area contributed by atoms with Gasteiger partial charge in [-0.25, -0.2) is 14.0 Å². The molecule has 0 aliphatic carbocycles. The van der Waals surface area contributed by atoms with E-state index in [0.717, 1.165) is 12.1 Å². The van der Waals surface area contributed by atoms with E-state index in [1.54, 1.807) is 24.3 Å². The zero-order valence-electron chi connectivity index (χ0n) is 18.5. The van der Waals surface area contributed by atoms with Crippen LogP contribution in [-0.4, -0.2) is 32.3 Å². The Labute approximate surface area is 198 Å². The van der Waals surface area contributed by atoms with E-state index in [1.165, 1.54) is 48.4 Å². The van der Waals surface area contributed by atoms with Gasteiger partial charge in [0.25, 0.3) is 0 Å². The molecule has 35 heavy (non-hydrogen) atoms. The molecular weight excluding hydrogens is 468 g/mol. The van der Waals surface area contributed by atoms with Crippen molar-refractivity contribution in [2.45, 2.75) is 6.18 Å². The van der Waals surface area contributed by atoms with Gasteiger partial charge in [-0.05, 0) is 60.7 Å². The number of benzene rings is 3. The summed E-state index contributed by atoms with van der Waals surface area (Å²) in [6.45, 7) is -0.157. The number of alkyl halides is 3. The lowest BCUT2D eigenvalue weighted by Crippen LogP contribution is -2.42. The molecule has 11 heteroatoms. The van der Waals surface area contributed by atoms with Crippen molar-refractivity contribution in [3.63, 3.8) is 0 Å². The number of anilines is 3. The number of nitrogens with zero attached hydrogens (tertiary/aromatic N) is 1. The standard InChI is InChI=1S/C24H22F4N4O3/c1-35-19-12-8-17(9-13-19)30-23(34)32(18-10-6-16(25)7-11-18)15-14-29-22(33)31-21-5-3-2-4-20(21)24(26,27)28/h2-13H,14-15H2,1H3,(H,30,34)(H2,29,31,33). The van der Waals surface area contributed by atoms with Gasteiger partial charge in [0.2, 0.25) is 0 Å². The molecule has 3 rings (SSSR count). The van der Waals surface area contributed by atoms with E-state index in [2.05, 4.69) is 16.0 Å². The molecule has 0 saturated carbocycles. The van der Waals surface area contributed by atoms with E-state index >= 15 is 0 Å². The fraction of sp³-hybridized carbons (Fsp3) is 0.167. The van der Waals surface area contributed by atoms with Gasteiger partial charge in [0.1, 0.15) is 11.6 Å². The average Bonchev–Trinajstić information content (AvgIpc) is 2.82. The van der Waals surface area contributed by atoms with Crippen LogP contribution in [-0.2, 0) is 6.18 Å². The van der Waals surface area contributed by atoms with Gasteiger partial charge in [-0.1, -0.05) is 12.1 Å². The van der Waals surface area contributed by atoms with Gasteiger partial charge in [0, 0.05) is 24.5 Å². The van der Waals surface area contributed by atoms with E-state index in [1.807, 2.05) is 0 Å². The lowest BCUT2D eigenvalue weighted by atomic mass is 10.1. The monoisotopic (exact) mass is 490 g/mol. The molecule has 0 aliphatic heterocycles. The van der Waals surface area contributed by atoms with Crippen LogP contribution in [0.25, 0.3) is 0 Å². The molecule has 0 aromatic heterocycles. The summed E-state index contributed by atoms with van der Waals surface area (Å²) >= 11 is 0.